The molecule has 0 unspecified atom stereocenters. The lowest BCUT2D eigenvalue weighted by molar-refractivity contribution is 0.178. The molecule has 0 saturated carbocycles. The molecule has 2 rings (SSSR count). The molecule has 2 aromatic heterocycles. The van der Waals surface area contributed by atoms with Crippen molar-refractivity contribution in [2.24, 2.45) is 0 Å². The third-order valence-electron chi connectivity index (χ3n) is 2.73. The molecule has 2 N–H and O–H groups in total. The van der Waals surface area contributed by atoms with E-state index in [0.717, 1.165) is 42.6 Å². The molecule has 21 heavy (non-hydrogen) atoms. The van der Waals surface area contributed by atoms with Crippen LogP contribution in [0.15, 0.2) is 17.6 Å². The van der Waals surface area contributed by atoms with E-state index in [1.807, 2.05) is 17.6 Å². The standard InChI is InChI=1S/C14H21N5OS/c1-3-5-15-11-9-12(19-13(18-11)10-20-2)16-6-4-14-17-7-8-21-14/h7-9H,3-6,10H2,1-2H3,(H2,15,16,18,19). The number of ether oxygens (including phenoxy) is 1. The maximum atomic E-state index is 5.12. The van der Waals surface area contributed by atoms with Crippen LogP contribution in [0.3, 0.4) is 0 Å². The second-order valence-corrected chi connectivity index (χ2v) is 5.50. The van der Waals surface area contributed by atoms with Crippen molar-refractivity contribution < 1.29 is 4.74 Å². The SMILES string of the molecule is CCCNc1cc(NCCc2nccs2)nc(COC)n1. The van der Waals surface area contributed by atoms with Crippen molar-refractivity contribution in [2.75, 3.05) is 30.8 Å². The van der Waals surface area contributed by atoms with Gasteiger partial charge in [-0.3, -0.25) is 0 Å². The Hall–Kier alpha value is -1.73. The third-order valence-corrected chi connectivity index (χ3v) is 3.57. The van der Waals surface area contributed by atoms with Crippen molar-refractivity contribution in [1.29, 1.82) is 0 Å². The van der Waals surface area contributed by atoms with E-state index in [9.17, 15) is 0 Å². The molecule has 114 valence electrons. The highest BCUT2D eigenvalue weighted by Crippen LogP contribution is 2.13. The van der Waals surface area contributed by atoms with Crippen molar-refractivity contribution in [3.63, 3.8) is 0 Å². The summed E-state index contributed by atoms with van der Waals surface area (Å²) in [6.07, 6.45) is 3.77. The van der Waals surface area contributed by atoms with Crippen LogP contribution in [0.4, 0.5) is 11.6 Å². The summed E-state index contributed by atoms with van der Waals surface area (Å²) in [7, 11) is 1.64. The average molecular weight is 307 g/mol. The first-order chi connectivity index (χ1) is 10.3. The Morgan fingerprint density at radius 3 is 2.57 bits per heavy atom. The van der Waals surface area contributed by atoms with Crippen LogP contribution in [-0.4, -0.2) is 35.2 Å². The smallest absolute Gasteiger partial charge is 0.158 e. The molecule has 0 radical (unpaired) electrons. The van der Waals surface area contributed by atoms with E-state index >= 15 is 0 Å². The number of aromatic nitrogens is 3. The highest BCUT2D eigenvalue weighted by molar-refractivity contribution is 7.09. The predicted octanol–water partition coefficient (Wildman–Crippen LogP) is 2.56. The fraction of sp³-hybridized carbons (Fsp3) is 0.500. The van der Waals surface area contributed by atoms with Crippen molar-refractivity contribution in [2.45, 2.75) is 26.4 Å². The maximum Gasteiger partial charge on any atom is 0.158 e. The van der Waals surface area contributed by atoms with Crippen LogP contribution in [0.2, 0.25) is 0 Å². The van der Waals surface area contributed by atoms with E-state index in [1.54, 1.807) is 18.4 Å². The number of rotatable bonds is 9. The van der Waals surface area contributed by atoms with Crippen molar-refractivity contribution in [3.8, 4) is 0 Å². The van der Waals surface area contributed by atoms with E-state index in [1.165, 1.54) is 0 Å². The highest BCUT2D eigenvalue weighted by Gasteiger charge is 2.04. The van der Waals surface area contributed by atoms with Crippen LogP contribution < -0.4 is 10.6 Å². The number of anilines is 2. The Morgan fingerprint density at radius 1 is 1.19 bits per heavy atom. The molecular formula is C14H21N5OS. The molecule has 0 spiro atoms. The first-order valence-corrected chi connectivity index (χ1v) is 7.92. The Kier molecular flexibility index (Phi) is 6.36. The molecule has 0 aromatic carbocycles. The zero-order valence-electron chi connectivity index (χ0n) is 12.4. The first kappa shape index (κ1) is 15.7. The van der Waals surface area contributed by atoms with E-state index in [0.29, 0.717) is 12.4 Å². The normalized spacial score (nSPS) is 10.6. The van der Waals surface area contributed by atoms with Crippen LogP contribution in [0.25, 0.3) is 0 Å². The quantitative estimate of drug-likeness (QED) is 0.742. The van der Waals surface area contributed by atoms with Gasteiger partial charge in [-0.05, 0) is 6.42 Å². The number of nitrogens with zero attached hydrogens (tertiary/aromatic N) is 3. The van der Waals surface area contributed by atoms with Gasteiger partial charge in [0.2, 0.25) is 0 Å². The predicted molar refractivity (Wildman–Crippen MR) is 85.8 cm³/mol. The van der Waals surface area contributed by atoms with Gasteiger partial charge < -0.3 is 15.4 Å². The summed E-state index contributed by atoms with van der Waals surface area (Å²) in [6, 6.07) is 1.93. The lowest BCUT2D eigenvalue weighted by Gasteiger charge is -2.10. The maximum absolute atomic E-state index is 5.12. The van der Waals surface area contributed by atoms with Crippen LogP contribution in [-0.2, 0) is 17.8 Å². The fourth-order valence-electron chi connectivity index (χ4n) is 1.80. The second-order valence-electron chi connectivity index (χ2n) is 4.52. The van der Waals surface area contributed by atoms with Gasteiger partial charge in [-0.2, -0.15) is 0 Å². The summed E-state index contributed by atoms with van der Waals surface area (Å²) in [5.41, 5.74) is 0. The summed E-state index contributed by atoms with van der Waals surface area (Å²) in [4.78, 5) is 13.1. The molecule has 2 heterocycles. The molecular weight excluding hydrogens is 286 g/mol. The number of hydrogen-bond acceptors (Lipinski definition) is 7. The second kappa shape index (κ2) is 8.53. The van der Waals surface area contributed by atoms with Gasteiger partial charge in [-0.15, -0.1) is 11.3 Å². The molecule has 6 nitrogen and oxygen atoms in total. The van der Waals surface area contributed by atoms with Gasteiger partial charge >= 0.3 is 0 Å². The first-order valence-electron chi connectivity index (χ1n) is 7.04. The third kappa shape index (κ3) is 5.28. The topological polar surface area (TPSA) is 72.0 Å². The van der Waals surface area contributed by atoms with Gasteiger partial charge in [0.15, 0.2) is 5.82 Å². The van der Waals surface area contributed by atoms with Crippen LogP contribution in [0, 0.1) is 0 Å². The minimum absolute atomic E-state index is 0.406. The summed E-state index contributed by atoms with van der Waals surface area (Å²) >= 11 is 1.67. The minimum Gasteiger partial charge on any atom is -0.377 e. The van der Waals surface area contributed by atoms with E-state index < -0.39 is 0 Å². The summed E-state index contributed by atoms with van der Waals surface area (Å²) in [5.74, 6) is 2.32. The molecule has 0 aliphatic carbocycles. The van der Waals surface area contributed by atoms with Crippen molar-refractivity contribution in [3.05, 3.63) is 28.5 Å². The number of methoxy groups -OCH3 is 1. The van der Waals surface area contributed by atoms with Gasteiger partial charge in [0.1, 0.15) is 18.2 Å². The Labute approximate surface area is 129 Å². The van der Waals surface area contributed by atoms with E-state index in [-0.39, 0.29) is 0 Å². The monoisotopic (exact) mass is 307 g/mol. The molecule has 0 atom stereocenters. The summed E-state index contributed by atoms with van der Waals surface area (Å²) in [6.45, 7) is 4.21. The average Bonchev–Trinajstić information content (AvgIpc) is 2.99. The largest absolute Gasteiger partial charge is 0.377 e. The van der Waals surface area contributed by atoms with Crippen molar-refractivity contribution >= 4 is 23.0 Å². The zero-order chi connectivity index (χ0) is 14.9. The molecule has 7 heteroatoms. The number of thiazole rings is 1. The lowest BCUT2D eigenvalue weighted by Crippen LogP contribution is -2.11. The molecule has 2 aromatic rings. The number of hydrogen-bond donors (Lipinski definition) is 2. The fourth-order valence-corrected chi connectivity index (χ4v) is 2.42. The Balaban J connectivity index is 1.97. The molecule has 0 aliphatic rings. The van der Waals surface area contributed by atoms with Crippen LogP contribution in [0.5, 0.6) is 0 Å². The molecule has 0 bridgehead atoms. The lowest BCUT2D eigenvalue weighted by atomic mass is 10.4. The number of nitrogens with one attached hydrogen (secondary N) is 2. The summed E-state index contributed by atoms with van der Waals surface area (Å²) < 4.78 is 5.12. The zero-order valence-corrected chi connectivity index (χ0v) is 13.2. The minimum atomic E-state index is 0.406. The molecule has 0 amide bonds. The molecule has 0 fully saturated rings. The summed E-state index contributed by atoms with van der Waals surface area (Å²) in [5, 5.41) is 9.71. The van der Waals surface area contributed by atoms with E-state index in [2.05, 4.69) is 32.5 Å². The van der Waals surface area contributed by atoms with Gasteiger partial charge in [-0.1, -0.05) is 6.92 Å². The Bertz CT molecular complexity index is 532. The van der Waals surface area contributed by atoms with Gasteiger partial charge in [0.05, 0.1) is 5.01 Å². The molecule has 0 aliphatic heterocycles. The van der Waals surface area contributed by atoms with Gasteiger partial charge in [0.25, 0.3) is 0 Å². The highest BCUT2D eigenvalue weighted by atomic mass is 32.1. The van der Waals surface area contributed by atoms with E-state index in [4.69, 9.17) is 4.74 Å². The molecule has 0 saturated heterocycles. The van der Waals surface area contributed by atoms with Gasteiger partial charge in [-0.25, -0.2) is 15.0 Å². The van der Waals surface area contributed by atoms with Gasteiger partial charge in [0, 0.05) is 44.3 Å². The van der Waals surface area contributed by atoms with Crippen LogP contribution in [0.1, 0.15) is 24.2 Å². The van der Waals surface area contributed by atoms with Crippen LogP contribution >= 0.6 is 11.3 Å². The Morgan fingerprint density at radius 2 is 1.95 bits per heavy atom. The van der Waals surface area contributed by atoms with Crippen molar-refractivity contribution in [1.82, 2.24) is 15.0 Å².